The molecular formula is C15H12F3NO6S. The molecule has 0 aromatic heterocycles. The lowest BCUT2D eigenvalue weighted by molar-refractivity contribution is 0.0697. The van der Waals surface area contributed by atoms with Crippen molar-refractivity contribution in [2.24, 2.45) is 0 Å². The van der Waals surface area contributed by atoms with Gasteiger partial charge in [-0.25, -0.2) is 26.4 Å². The topological polar surface area (TPSA) is 102 Å². The number of carboxylic acids is 1. The van der Waals surface area contributed by atoms with Gasteiger partial charge in [-0.2, -0.15) is 0 Å². The van der Waals surface area contributed by atoms with Crippen LogP contribution in [0.5, 0.6) is 11.5 Å². The summed E-state index contributed by atoms with van der Waals surface area (Å²) in [6, 6.07) is 2.93. The monoisotopic (exact) mass is 391 g/mol. The number of benzene rings is 2. The van der Waals surface area contributed by atoms with Gasteiger partial charge < -0.3 is 14.6 Å². The number of anilines is 1. The minimum atomic E-state index is -4.78. The highest BCUT2D eigenvalue weighted by Gasteiger charge is 2.26. The number of sulfonamides is 1. The van der Waals surface area contributed by atoms with E-state index in [1.54, 1.807) is 0 Å². The van der Waals surface area contributed by atoms with Crippen LogP contribution in [0.2, 0.25) is 0 Å². The van der Waals surface area contributed by atoms with Crippen LogP contribution in [0, 0.1) is 17.5 Å². The average molecular weight is 391 g/mol. The maximum atomic E-state index is 13.8. The van der Waals surface area contributed by atoms with Crippen molar-refractivity contribution in [1.82, 2.24) is 0 Å². The number of ether oxygens (including phenoxy) is 2. The van der Waals surface area contributed by atoms with E-state index in [9.17, 15) is 31.5 Å². The highest BCUT2D eigenvalue weighted by atomic mass is 32.2. The number of halogens is 3. The van der Waals surface area contributed by atoms with Gasteiger partial charge in [0.05, 0.1) is 25.5 Å². The van der Waals surface area contributed by atoms with Gasteiger partial charge in [-0.15, -0.1) is 0 Å². The summed E-state index contributed by atoms with van der Waals surface area (Å²) in [5, 5.41) is 9.24. The quantitative estimate of drug-likeness (QED) is 0.734. The Kier molecular flexibility index (Phi) is 5.30. The third-order valence-electron chi connectivity index (χ3n) is 3.29. The van der Waals surface area contributed by atoms with E-state index < -0.39 is 49.6 Å². The number of aromatic carboxylic acids is 1. The first-order valence-electron chi connectivity index (χ1n) is 6.78. The van der Waals surface area contributed by atoms with Crippen LogP contribution in [0.3, 0.4) is 0 Å². The average Bonchev–Trinajstić information content (AvgIpc) is 2.58. The van der Waals surface area contributed by atoms with Crippen molar-refractivity contribution in [1.29, 1.82) is 0 Å². The molecular weight excluding hydrogens is 379 g/mol. The predicted molar refractivity (Wildman–Crippen MR) is 83.6 cm³/mol. The Labute approximate surface area is 146 Å². The summed E-state index contributed by atoms with van der Waals surface area (Å²) in [7, 11) is -2.31. The number of carboxylic acid groups (broad SMARTS) is 1. The summed E-state index contributed by atoms with van der Waals surface area (Å²) in [6.07, 6.45) is 0. The first kappa shape index (κ1) is 19.4. The molecule has 0 aliphatic carbocycles. The van der Waals surface area contributed by atoms with Crippen LogP contribution in [0.4, 0.5) is 18.9 Å². The minimum Gasteiger partial charge on any atom is -0.493 e. The van der Waals surface area contributed by atoms with Crippen LogP contribution in [0.1, 0.15) is 10.4 Å². The molecule has 0 heterocycles. The largest absolute Gasteiger partial charge is 0.493 e. The Balaban J connectivity index is 2.59. The lowest BCUT2D eigenvalue weighted by Gasteiger charge is -2.15. The number of methoxy groups -OCH3 is 2. The van der Waals surface area contributed by atoms with E-state index in [4.69, 9.17) is 9.47 Å². The zero-order chi connectivity index (χ0) is 19.6. The van der Waals surface area contributed by atoms with Crippen molar-refractivity contribution < 1.29 is 41.0 Å². The standard InChI is InChI=1S/C15H12F3NO6S/c1-24-10-5-7(15(20)21)9(6-11(10)25-2)19-26(22,23)12-4-3-8(16)13(17)14(12)18/h3-6,19H,1-2H3,(H,20,21). The Bertz CT molecular complexity index is 978. The van der Waals surface area contributed by atoms with Crippen molar-refractivity contribution in [3.05, 3.63) is 47.3 Å². The Morgan fingerprint density at radius 2 is 1.62 bits per heavy atom. The molecule has 0 bridgehead atoms. The summed E-state index contributed by atoms with van der Waals surface area (Å²) in [6.45, 7) is 0. The Hall–Kier alpha value is -2.95. The zero-order valence-electron chi connectivity index (χ0n) is 13.3. The summed E-state index contributed by atoms with van der Waals surface area (Å²) >= 11 is 0. The van der Waals surface area contributed by atoms with E-state index in [0.29, 0.717) is 12.1 Å². The molecule has 0 unspecified atom stereocenters. The van der Waals surface area contributed by atoms with Crippen molar-refractivity contribution in [3.8, 4) is 11.5 Å². The maximum Gasteiger partial charge on any atom is 0.337 e. The molecule has 0 atom stereocenters. The predicted octanol–water partition coefficient (Wildman–Crippen LogP) is 2.62. The number of nitrogens with one attached hydrogen (secondary N) is 1. The van der Waals surface area contributed by atoms with Gasteiger partial charge in [-0.3, -0.25) is 4.72 Å². The summed E-state index contributed by atoms with van der Waals surface area (Å²) in [5.74, 6) is -7.01. The van der Waals surface area contributed by atoms with Crippen LogP contribution in [0.15, 0.2) is 29.2 Å². The van der Waals surface area contributed by atoms with Crippen LogP contribution in [0.25, 0.3) is 0 Å². The second-order valence-corrected chi connectivity index (χ2v) is 6.49. The van der Waals surface area contributed by atoms with Gasteiger partial charge >= 0.3 is 5.97 Å². The molecule has 0 saturated heterocycles. The van der Waals surface area contributed by atoms with Crippen molar-refractivity contribution in [3.63, 3.8) is 0 Å². The SMILES string of the molecule is COc1cc(NS(=O)(=O)c2ccc(F)c(F)c2F)c(C(=O)O)cc1OC. The highest BCUT2D eigenvalue weighted by Crippen LogP contribution is 2.34. The van der Waals surface area contributed by atoms with Gasteiger partial charge in [0.2, 0.25) is 0 Å². The summed E-state index contributed by atoms with van der Waals surface area (Å²) in [5.41, 5.74) is -1.02. The molecule has 2 aromatic rings. The number of carbonyl (C=O) groups is 1. The van der Waals surface area contributed by atoms with E-state index in [1.807, 2.05) is 4.72 Å². The molecule has 0 aliphatic heterocycles. The summed E-state index contributed by atoms with van der Waals surface area (Å²) < 4.78 is 76.4. The smallest absolute Gasteiger partial charge is 0.337 e. The van der Waals surface area contributed by atoms with E-state index in [1.165, 1.54) is 14.2 Å². The molecule has 140 valence electrons. The molecule has 0 spiro atoms. The fraction of sp³-hybridized carbons (Fsp3) is 0.133. The highest BCUT2D eigenvalue weighted by molar-refractivity contribution is 7.92. The van der Waals surface area contributed by atoms with Crippen molar-refractivity contribution >= 4 is 21.7 Å². The molecule has 26 heavy (non-hydrogen) atoms. The maximum absolute atomic E-state index is 13.8. The van der Waals surface area contributed by atoms with E-state index >= 15 is 0 Å². The lowest BCUT2D eigenvalue weighted by atomic mass is 10.1. The number of hydrogen-bond acceptors (Lipinski definition) is 5. The molecule has 0 saturated carbocycles. The van der Waals surface area contributed by atoms with Crippen molar-refractivity contribution in [2.75, 3.05) is 18.9 Å². The number of rotatable bonds is 6. The molecule has 0 aliphatic rings. The fourth-order valence-electron chi connectivity index (χ4n) is 2.06. The van der Waals surface area contributed by atoms with Crippen LogP contribution in [-0.2, 0) is 10.0 Å². The Morgan fingerprint density at radius 1 is 1.04 bits per heavy atom. The van der Waals surface area contributed by atoms with Crippen LogP contribution >= 0.6 is 0 Å². The molecule has 0 radical (unpaired) electrons. The first-order valence-corrected chi connectivity index (χ1v) is 8.26. The fourth-order valence-corrected chi connectivity index (χ4v) is 3.20. The molecule has 2 aromatic carbocycles. The second kappa shape index (κ2) is 7.12. The third kappa shape index (κ3) is 3.52. The van der Waals surface area contributed by atoms with Gasteiger partial charge in [0.1, 0.15) is 4.90 Å². The Morgan fingerprint density at radius 3 is 2.15 bits per heavy atom. The van der Waals surface area contributed by atoms with E-state index in [2.05, 4.69) is 0 Å². The molecule has 11 heteroatoms. The van der Waals surface area contributed by atoms with Gasteiger partial charge in [0.15, 0.2) is 29.0 Å². The minimum absolute atomic E-state index is 0.00635. The van der Waals surface area contributed by atoms with Crippen LogP contribution < -0.4 is 14.2 Å². The van der Waals surface area contributed by atoms with Crippen molar-refractivity contribution in [2.45, 2.75) is 4.90 Å². The molecule has 2 N–H and O–H groups in total. The van der Waals surface area contributed by atoms with Gasteiger partial charge in [0, 0.05) is 12.1 Å². The van der Waals surface area contributed by atoms with Gasteiger partial charge in [0.25, 0.3) is 10.0 Å². The normalized spacial score (nSPS) is 11.1. The summed E-state index contributed by atoms with van der Waals surface area (Å²) in [4.78, 5) is 10.2. The van der Waals surface area contributed by atoms with E-state index in [-0.39, 0.29) is 11.5 Å². The molecule has 7 nitrogen and oxygen atoms in total. The van der Waals surface area contributed by atoms with Crippen LogP contribution in [-0.4, -0.2) is 33.7 Å². The first-order chi connectivity index (χ1) is 12.1. The molecule has 2 rings (SSSR count). The third-order valence-corrected chi connectivity index (χ3v) is 4.67. The second-order valence-electron chi connectivity index (χ2n) is 4.84. The molecule has 0 amide bonds. The number of hydrogen-bond donors (Lipinski definition) is 2. The molecule has 0 fully saturated rings. The van der Waals surface area contributed by atoms with E-state index in [0.717, 1.165) is 12.1 Å². The zero-order valence-corrected chi connectivity index (χ0v) is 14.2. The van der Waals surface area contributed by atoms with Gasteiger partial charge in [-0.05, 0) is 12.1 Å². The lowest BCUT2D eigenvalue weighted by Crippen LogP contribution is -2.18. The van der Waals surface area contributed by atoms with Gasteiger partial charge in [-0.1, -0.05) is 0 Å².